The summed E-state index contributed by atoms with van der Waals surface area (Å²) in [6.07, 6.45) is -0.720. The first kappa shape index (κ1) is 23.8. The molecule has 11 heteroatoms. The van der Waals surface area contributed by atoms with Crippen LogP contribution in [0.5, 0.6) is 0 Å². The van der Waals surface area contributed by atoms with Crippen LogP contribution in [0.15, 0.2) is 42.5 Å². The first-order valence-electron chi connectivity index (χ1n) is 10.2. The second kappa shape index (κ2) is 10.2. The Balaban J connectivity index is 1.53. The summed E-state index contributed by atoms with van der Waals surface area (Å²) in [5.41, 5.74) is -0.563. The van der Waals surface area contributed by atoms with Crippen LogP contribution in [0.4, 0.5) is 20.2 Å². The number of nitrogens with zero attached hydrogens (tertiary/aromatic N) is 2. The number of likely N-dealkylation sites (tertiary alicyclic amines) is 1. The van der Waals surface area contributed by atoms with Gasteiger partial charge in [0.2, 0.25) is 0 Å². The maximum atomic E-state index is 13.9. The summed E-state index contributed by atoms with van der Waals surface area (Å²) >= 11 is 0. The van der Waals surface area contributed by atoms with Crippen molar-refractivity contribution in [1.29, 1.82) is 0 Å². The van der Waals surface area contributed by atoms with Gasteiger partial charge in [0.15, 0.2) is 6.10 Å². The van der Waals surface area contributed by atoms with Crippen LogP contribution in [0.25, 0.3) is 0 Å². The molecule has 0 bridgehead atoms. The lowest BCUT2D eigenvalue weighted by Crippen LogP contribution is -2.42. The van der Waals surface area contributed by atoms with Crippen molar-refractivity contribution in [1.82, 2.24) is 4.90 Å². The number of para-hydroxylation sites is 2. The largest absolute Gasteiger partial charge is 0.452 e. The van der Waals surface area contributed by atoms with E-state index in [9.17, 15) is 33.3 Å². The fourth-order valence-corrected chi connectivity index (χ4v) is 3.45. The second-order valence-electron chi connectivity index (χ2n) is 7.53. The Labute approximate surface area is 187 Å². The number of carbonyl (C=O) groups excluding carboxylic acids is 3. The third-order valence-electron chi connectivity index (χ3n) is 5.30. The minimum Gasteiger partial charge on any atom is -0.452 e. The molecule has 33 heavy (non-hydrogen) atoms. The van der Waals surface area contributed by atoms with Crippen LogP contribution < -0.4 is 5.32 Å². The van der Waals surface area contributed by atoms with Gasteiger partial charge in [0.05, 0.1) is 16.4 Å². The predicted molar refractivity (Wildman–Crippen MR) is 112 cm³/mol. The number of nitro groups is 1. The molecule has 3 rings (SSSR count). The van der Waals surface area contributed by atoms with Gasteiger partial charge in [-0.3, -0.25) is 24.5 Å². The molecule has 2 aromatic rings. The van der Waals surface area contributed by atoms with Crippen LogP contribution >= 0.6 is 0 Å². The van der Waals surface area contributed by atoms with E-state index in [4.69, 9.17) is 4.74 Å². The number of amides is 2. The fraction of sp³-hybridized carbons (Fsp3) is 0.318. The molecule has 1 unspecified atom stereocenters. The number of anilines is 1. The number of piperidine rings is 1. The first-order chi connectivity index (χ1) is 15.7. The number of ether oxygens (including phenoxy) is 1. The molecule has 0 aromatic heterocycles. The van der Waals surface area contributed by atoms with Crippen molar-refractivity contribution in [3.8, 4) is 0 Å². The van der Waals surface area contributed by atoms with Crippen LogP contribution in [0.3, 0.4) is 0 Å². The van der Waals surface area contributed by atoms with Gasteiger partial charge in [0, 0.05) is 25.2 Å². The Morgan fingerprint density at radius 1 is 1.15 bits per heavy atom. The Morgan fingerprint density at radius 3 is 2.45 bits per heavy atom. The highest BCUT2D eigenvalue weighted by Gasteiger charge is 2.31. The number of benzene rings is 2. The lowest BCUT2D eigenvalue weighted by Gasteiger charge is -2.31. The van der Waals surface area contributed by atoms with E-state index in [1.54, 1.807) is 0 Å². The minimum atomic E-state index is -1.20. The number of halogens is 2. The highest BCUT2D eigenvalue weighted by atomic mass is 19.1. The number of hydrogen-bond acceptors (Lipinski definition) is 6. The van der Waals surface area contributed by atoms with Gasteiger partial charge in [-0.15, -0.1) is 0 Å². The van der Waals surface area contributed by atoms with Crippen molar-refractivity contribution in [3.05, 3.63) is 69.8 Å². The van der Waals surface area contributed by atoms with E-state index in [0.29, 0.717) is 6.07 Å². The lowest BCUT2D eigenvalue weighted by molar-refractivity contribution is -0.383. The summed E-state index contributed by atoms with van der Waals surface area (Å²) in [5, 5.41) is 13.4. The molecular weight excluding hydrogens is 440 g/mol. The summed E-state index contributed by atoms with van der Waals surface area (Å²) in [6, 6.07) is 8.28. The molecule has 1 saturated heterocycles. The van der Waals surface area contributed by atoms with Gasteiger partial charge in [-0.1, -0.05) is 12.1 Å². The molecule has 9 nitrogen and oxygen atoms in total. The monoisotopic (exact) mass is 461 g/mol. The molecule has 1 N–H and O–H groups in total. The molecule has 2 amide bonds. The van der Waals surface area contributed by atoms with Gasteiger partial charge in [0.25, 0.3) is 17.5 Å². The van der Waals surface area contributed by atoms with Gasteiger partial charge in [0.1, 0.15) is 17.3 Å². The molecule has 0 aliphatic carbocycles. The van der Waals surface area contributed by atoms with Gasteiger partial charge < -0.3 is 15.0 Å². The fourth-order valence-electron chi connectivity index (χ4n) is 3.45. The van der Waals surface area contributed by atoms with Crippen molar-refractivity contribution in [2.24, 2.45) is 5.92 Å². The van der Waals surface area contributed by atoms with Crippen LogP contribution in [-0.2, 0) is 14.3 Å². The quantitative estimate of drug-likeness (QED) is 0.401. The number of rotatable bonds is 6. The molecule has 1 aliphatic heterocycles. The molecule has 2 aromatic carbocycles. The maximum Gasteiger partial charge on any atom is 0.309 e. The van der Waals surface area contributed by atoms with Crippen molar-refractivity contribution < 1.29 is 32.8 Å². The van der Waals surface area contributed by atoms with Gasteiger partial charge in [-0.25, -0.2) is 8.78 Å². The topological polar surface area (TPSA) is 119 Å². The van der Waals surface area contributed by atoms with Gasteiger partial charge >= 0.3 is 5.97 Å². The molecule has 0 saturated carbocycles. The SMILES string of the molecule is CC(OC(=O)C1CCN(C(=O)c2ccc(F)cc2F)CC1)C(=O)Nc1ccccc1[N+](=O)[O-]. The van der Waals surface area contributed by atoms with Crippen LogP contribution in [0, 0.1) is 27.7 Å². The lowest BCUT2D eigenvalue weighted by atomic mass is 9.96. The molecule has 1 fully saturated rings. The van der Waals surface area contributed by atoms with E-state index < -0.39 is 46.4 Å². The van der Waals surface area contributed by atoms with Crippen molar-refractivity contribution in [3.63, 3.8) is 0 Å². The van der Waals surface area contributed by atoms with E-state index in [0.717, 1.165) is 12.1 Å². The molecule has 1 heterocycles. The third-order valence-corrected chi connectivity index (χ3v) is 5.30. The summed E-state index contributed by atoms with van der Waals surface area (Å²) in [6.45, 7) is 1.66. The van der Waals surface area contributed by atoms with Crippen LogP contribution in [0.1, 0.15) is 30.1 Å². The van der Waals surface area contributed by atoms with E-state index in [1.165, 1.54) is 36.1 Å². The zero-order valence-electron chi connectivity index (χ0n) is 17.6. The Kier molecular flexibility index (Phi) is 7.31. The van der Waals surface area contributed by atoms with E-state index in [1.807, 2.05) is 0 Å². The number of hydrogen-bond donors (Lipinski definition) is 1. The summed E-state index contributed by atoms with van der Waals surface area (Å²) < 4.78 is 32.1. The third kappa shape index (κ3) is 5.68. The zero-order valence-corrected chi connectivity index (χ0v) is 17.6. The van der Waals surface area contributed by atoms with E-state index in [-0.39, 0.29) is 42.9 Å². The Bertz CT molecular complexity index is 1090. The predicted octanol–water partition coefficient (Wildman–Crippen LogP) is 3.30. The second-order valence-corrected chi connectivity index (χ2v) is 7.53. The average Bonchev–Trinajstić information content (AvgIpc) is 2.79. The summed E-state index contributed by atoms with van der Waals surface area (Å²) in [7, 11) is 0. The Morgan fingerprint density at radius 2 is 1.82 bits per heavy atom. The number of carbonyl (C=O) groups is 3. The van der Waals surface area contributed by atoms with Gasteiger partial charge in [-0.2, -0.15) is 0 Å². The van der Waals surface area contributed by atoms with Crippen LogP contribution in [-0.4, -0.2) is 46.8 Å². The number of nitrogens with one attached hydrogen (secondary N) is 1. The highest BCUT2D eigenvalue weighted by Crippen LogP contribution is 2.25. The highest BCUT2D eigenvalue weighted by molar-refractivity contribution is 5.97. The van der Waals surface area contributed by atoms with Crippen molar-refractivity contribution in [2.45, 2.75) is 25.9 Å². The van der Waals surface area contributed by atoms with E-state index >= 15 is 0 Å². The number of esters is 1. The van der Waals surface area contributed by atoms with Crippen molar-refractivity contribution in [2.75, 3.05) is 18.4 Å². The first-order valence-corrected chi connectivity index (χ1v) is 10.2. The Hall–Kier alpha value is -3.89. The summed E-state index contributed by atoms with van der Waals surface area (Å²) in [4.78, 5) is 49.1. The zero-order chi connectivity index (χ0) is 24.1. The summed E-state index contributed by atoms with van der Waals surface area (Å²) in [5.74, 6) is -4.28. The minimum absolute atomic E-state index is 0.0183. The van der Waals surface area contributed by atoms with Crippen LogP contribution in [0.2, 0.25) is 0 Å². The molecule has 1 atom stereocenters. The van der Waals surface area contributed by atoms with Crippen molar-refractivity contribution >= 4 is 29.2 Å². The maximum absolute atomic E-state index is 13.9. The van der Waals surface area contributed by atoms with E-state index in [2.05, 4.69) is 5.32 Å². The molecule has 1 aliphatic rings. The average molecular weight is 461 g/mol. The standard InChI is InChI=1S/C22H21F2N3O6/c1-13(20(28)25-18-4-2-3-5-19(18)27(31)32)33-22(30)14-8-10-26(11-9-14)21(29)16-7-6-15(23)12-17(16)24/h2-7,12-14H,8-11H2,1H3,(H,25,28). The molecule has 174 valence electrons. The molecule has 0 radical (unpaired) electrons. The van der Waals surface area contributed by atoms with Gasteiger partial charge in [-0.05, 0) is 38.0 Å². The normalized spacial score (nSPS) is 14.9. The smallest absolute Gasteiger partial charge is 0.309 e. The molecule has 0 spiro atoms. The number of nitro benzene ring substituents is 1. The molecular formula is C22H21F2N3O6.